The van der Waals surface area contributed by atoms with Gasteiger partial charge in [0.15, 0.2) is 0 Å². The van der Waals surface area contributed by atoms with Crippen molar-refractivity contribution in [1.29, 1.82) is 0 Å². The van der Waals surface area contributed by atoms with E-state index >= 15 is 0 Å². The minimum atomic E-state index is 0.187. The molecule has 2 heteroatoms. The van der Waals surface area contributed by atoms with Crippen molar-refractivity contribution in [2.24, 2.45) is 0 Å². The molecule has 1 nitrogen and oxygen atoms in total. The number of hydrogen-bond donors (Lipinski definition) is 0. The molecule has 0 amide bonds. The molecule has 19 heavy (non-hydrogen) atoms. The molecule has 0 aliphatic heterocycles. The summed E-state index contributed by atoms with van der Waals surface area (Å²) in [6, 6.07) is 16.0. The number of hydrogen-bond acceptors (Lipinski definition) is 1. The van der Waals surface area contributed by atoms with Gasteiger partial charge in [-0.1, -0.05) is 62.7 Å². The Balaban J connectivity index is 2.01. The standard InChI is InChI=1S/C17H19ClO/c1-17(2,3)14-9-7-13(8-10-14)12-19-16-6-4-5-15(18)11-16/h4-11H,12H2,1-3H3. The van der Waals surface area contributed by atoms with Gasteiger partial charge in [0.2, 0.25) is 0 Å². The number of benzene rings is 2. The van der Waals surface area contributed by atoms with E-state index in [1.807, 2.05) is 24.3 Å². The van der Waals surface area contributed by atoms with Crippen LogP contribution < -0.4 is 4.74 Å². The molecular formula is C17H19ClO. The lowest BCUT2D eigenvalue weighted by atomic mass is 9.87. The third-order valence-electron chi connectivity index (χ3n) is 3.02. The Kier molecular flexibility index (Phi) is 4.16. The highest BCUT2D eigenvalue weighted by atomic mass is 35.5. The van der Waals surface area contributed by atoms with Crippen LogP contribution in [0.4, 0.5) is 0 Å². The third kappa shape index (κ3) is 4.00. The molecule has 0 saturated carbocycles. The zero-order valence-corrected chi connectivity index (χ0v) is 12.4. The Hall–Kier alpha value is -1.47. The van der Waals surface area contributed by atoms with Crippen molar-refractivity contribution in [2.75, 3.05) is 0 Å². The van der Waals surface area contributed by atoms with Gasteiger partial charge in [-0.3, -0.25) is 0 Å². The first kappa shape index (κ1) is 14.0. The van der Waals surface area contributed by atoms with Crippen LogP contribution >= 0.6 is 11.6 Å². The molecule has 0 fully saturated rings. The smallest absolute Gasteiger partial charge is 0.121 e. The molecule has 0 aromatic heterocycles. The van der Waals surface area contributed by atoms with Gasteiger partial charge < -0.3 is 4.74 Å². The quantitative estimate of drug-likeness (QED) is 0.746. The van der Waals surface area contributed by atoms with Gasteiger partial charge in [0.1, 0.15) is 12.4 Å². The highest BCUT2D eigenvalue weighted by Crippen LogP contribution is 2.23. The zero-order chi connectivity index (χ0) is 13.9. The molecule has 0 saturated heterocycles. The predicted molar refractivity (Wildman–Crippen MR) is 80.9 cm³/mol. The van der Waals surface area contributed by atoms with Crippen molar-refractivity contribution in [1.82, 2.24) is 0 Å². The fraction of sp³-hybridized carbons (Fsp3) is 0.294. The van der Waals surface area contributed by atoms with E-state index in [1.54, 1.807) is 0 Å². The maximum atomic E-state index is 5.92. The van der Waals surface area contributed by atoms with Crippen LogP contribution in [-0.2, 0) is 12.0 Å². The molecule has 0 aliphatic rings. The summed E-state index contributed by atoms with van der Waals surface area (Å²) < 4.78 is 5.71. The molecule has 2 aromatic rings. The van der Waals surface area contributed by atoms with Crippen molar-refractivity contribution in [3.05, 3.63) is 64.7 Å². The average molecular weight is 275 g/mol. The second kappa shape index (κ2) is 5.66. The van der Waals surface area contributed by atoms with Gasteiger partial charge in [0, 0.05) is 5.02 Å². The second-order valence-corrected chi connectivity index (χ2v) is 6.13. The first-order valence-electron chi connectivity index (χ1n) is 6.43. The van der Waals surface area contributed by atoms with Crippen LogP contribution in [0.5, 0.6) is 5.75 Å². The molecule has 0 atom stereocenters. The minimum Gasteiger partial charge on any atom is -0.489 e. The average Bonchev–Trinajstić information content (AvgIpc) is 2.36. The molecule has 2 rings (SSSR count). The van der Waals surface area contributed by atoms with E-state index in [0.29, 0.717) is 11.6 Å². The van der Waals surface area contributed by atoms with E-state index in [0.717, 1.165) is 11.3 Å². The van der Waals surface area contributed by atoms with E-state index in [9.17, 15) is 0 Å². The lowest BCUT2D eigenvalue weighted by Crippen LogP contribution is -2.10. The molecule has 0 heterocycles. The fourth-order valence-electron chi connectivity index (χ4n) is 1.82. The summed E-state index contributed by atoms with van der Waals surface area (Å²) >= 11 is 5.92. The highest BCUT2D eigenvalue weighted by molar-refractivity contribution is 6.30. The van der Waals surface area contributed by atoms with Crippen LogP contribution in [0.2, 0.25) is 5.02 Å². The van der Waals surface area contributed by atoms with Crippen molar-refractivity contribution >= 4 is 11.6 Å². The Morgan fingerprint density at radius 3 is 2.26 bits per heavy atom. The summed E-state index contributed by atoms with van der Waals surface area (Å²) in [5.41, 5.74) is 2.68. The van der Waals surface area contributed by atoms with Crippen molar-refractivity contribution < 1.29 is 4.74 Å². The number of rotatable bonds is 3. The lowest BCUT2D eigenvalue weighted by molar-refractivity contribution is 0.306. The van der Waals surface area contributed by atoms with Crippen molar-refractivity contribution in [3.63, 3.8) is 0 Å². The summed E-state index contributed by atoms with van der Waals surface area (Å²) in [7, 11) is 0. The number of halogens is 1. The third-order valence-corrected chi connectivity index (χ3v) is 3.26. The maximum absolute atomic E-state index is 5.92. The van der Waals surface area contributed by atoms with E-state index in [4.69, 9.17) is 16.3 Å². The van der Waals surface area contributed by atoms with Gasteiger partial charge in [-0.25, -0.2) is 0 Å². The summed E-state index contributed by atoms with van der Waals surface area (Å²) in [4.78, 5) is 0. The van der Waals surface area contributed by atoms with Crippen LogP contribution in [0.25, 0.3) is 0 Å². The predicted octanol–water partition coefficient (Wildman–Crippen LogP) is 5.22. The Morgan fingerprint density at radius 1 is 1.00 bits per heavy atom. The van der Waals surface area contributed by atoms with E-state index < -0.39 is 0 Å². The fourth-order valence-corrected chi connectivity index (χ4v) is 2.00. The summed E-state index contributed by atoms with van der Waals surface area (Å²) in [5.74, 6) is 0.799. The zero-order valence-electron chi connectivity index (χ0n) is 11.6. The highest BCUT2D eigenvalue weighted by Gasteiger charge is 2.12. The Morgan fingerprint density at radius 2 is 1.68 bits per heavy atom. The molecule has 0 unspecified atom stereocenters. The van der Waals surface area contributed by atoms with E-state index in [1.165, 1.54) is 5.56 Å². The van der Waals surface area contributed by atoms with Crippen LogP contribution in [0.3, 0.4) is 0 Å². The Labute approximate surface area is 120 Å². The first-order valence-corrected chi connectivity index (χ1v) is 6.81. The topological polar surface area (TPSA) is 9.23 Å². The Bertz CT molecular complexity index is 538. The number of ether oxygens (including phenoxy) is 1. The molecule has 0 spiro atoms. The van der Waals surface area contributed by atoms with Gasteiger partial charge in [-0.2, -0.15) is 0 Å². The van der Waals surface area contributed by atoms with Crippen LogP contribution in [-0.4, -0.2) is 0 Å². The maximum Gasteiger partial charge on any atom is 0.121 e. The molecular weight excluding hydrogens is 256 g/mol. The summed E-state index contributed by atoms with van der Waals surface area (Å²) in [6.07, 6.45) is 0. The van der Waals surface area contributed by atoms with E-state index in [-0.39, 0.29) is 5.41 Å². The van der Waals surface area contributed by atoms with Crippen molar-refractivity contribution in [2.45, 2.75) is 32.8 Å². The van der Waals surface area contributed by atoms with Crippen LogP contribution in [0.1, 0.15) is 31.9 Å². The van der Waals surface area contributed by atoms with E-state index in [2.05, 4.69) is 45.0 Å². The largest absolute Gasteiger partial charge is 0.489 e. The second-order valence-electron chi connectivity index (χ2n) is 5.69. The minimum absolute atomic E-state index is 0.187. The van der Waals surface area contributed by atoms with Crippen LogP contribution in [0.15, 0.2) is 48.5 Å². The van der Waals surface area contributed by atoms with Gasteiger partial charge in [0.05, 0.1) is 0 Å². The summed E-state index contributed by atoms with van der Waals surface area (Å²) in [6.45, 7) is 7.20. The van der Waals surface area contributed by atoms with Gasteiger partial charge in [0.25, 0.3) is 0 Å². The van der Waals surface area contributed by atoms with Gasteiger partial charge >= 0.3 is 0 Å². The monoisotopic (exact) mass is 274 g/mol. The lowest BCUT2D eigenvalue weighted by Gasteiger charge is -2.19. The summed E-state index contributed by atoms with van der Waals surface area (Å²) in [5, 5.41) is 0.695. The molecule has 0 N–H and O–H groups in total. The van der Waals surface area contributed by atoms with Crippen LogP contribution in [0, 0.1) is 0 Å². The molecule has 0 bridgehead atoms. The first-order chi connectivity index (χ1) is 8.95. The van der Waals surface area contributed by atoms with Crippen molar-refractivity contribution in [3.8, 4) is 5.75 Å². The van der Waals surface area contributed by atoms with Gasteiger partial charge in [-0.15, -0.1) is 0 Å². The molecule has 0 aliphatic carbocycles. The SMILES string of the molecule is CC(C)(C)c1ccc(COc2cccc(Cl)c2)cc1. The molecule has 2 aromatic carbocycles. The van der Waals surface area contributed by atoms with Gasteiger partial charge in [-0.05, 0) is 34.7 Å². The molecule has 0 radical (unpaired) electrons. The molecule has 100 valence electrons. The normalized spacial score (nSPS) is 11.4.